The van der Waals surface area contributed by atoms with Gasteiger partial charge in [-0.2, -0.15) is 14.7 Å². The lowest BCUT2D eigenvalue weighted by molar-refractivity contribution is 0.768. The number of nitrogen functional groups attached to an aromatic ring is 1. The molecule has 1 aliphatic rings. The summed E-state index contributed by atoms with van der Waals surface area (Å²) < 4.78 is 3.14. The van der Waals surface area contributed by atoms with Crippen LogP contribution < -0.4 is 21.9 Å². The van der Waals surface area contributed by atoms with Crippen molar-refractivity contribution in [2.45, 2.75) is 13.1 Å². The minimum absolute atomic E-state index is 0.222. The maximum atomic E-state index is 12.1. The van der Waals surface area contributed by atoms with E-state index in [4.69, 9.17) is 17.3 Å². The second-order valence-electron chi connectivity index (χ2n) is 6.55. The molecule has 0 spiro atoms. The largest absolute Gasteiger partial charge is 0.382 e. The van der Waals surface area contributed by atoms with Crippen molar-refractivity contribution in [1.82, 2.24) is 34.3 Å². The number of hydrogen-bond donors (Lipinski definition) is 3. The average Bonchev–Trinajstić information content (AvgIpc) is 3.35. The third kappa shape index (κ3) is 2.33. The Morgan fingerprint density at radius 3 is 2.75 bits per heavy atom. The number of fused-ring (bicyclic) bond motifs is 2. The van der Waals surface area contributed by atoms with Gasteiger partial charge in [0.1, 0.15) is 10.8 Å². The molecular weight excluding hydrogens is 386 g/mol. The van der Waals surface area contributed by atoms with Gasteiger partial charge in [0.2, 0.25) is 0 Å². The Morgan fingerprint density at radius 1 is 1.18 bits per heavy atom. The van der Waals surface area contributed by atoms with Crippen LogP contribution >= 0.6 is 11.6 Å². The van der Waals surface area contributed by atoms with Crippen LogP contribution in [0.4, 0.5) is 11.6 Å². The third-order valence-corrected chi connectivity index (χ3v) is 5.11. The van der Waals surface area contributed by atoms with E-state index < -0.39 is 11.2 Å². The fourth-order valence-electron chi connectivity index (χ4n) is 3.41. The lowest BCUT2D eigenvalue weighted by atomic mass is 10.2. The first kappa shape index (κ1) is 16.6. The van der Waals surface area contributed by atoms with E-state index in [0.29, 0.717) is 22.7 Å². The molecular formula is C16H14ClN9O2. The highest BCUT2D eigenvalue weighted by atomic mass is 35.5. The summed E-state index contributed by atoms with van der Waals surface area (Å²) in [7, 11) is 1.82. The molecule has 0 aliphatic carbocycles. The third-order valence-electron chi connectivity index (χ3n) is 4.75. The minimum Gasteiger partial charge on any atom is -0.382 e. The van der Waals surface area contributed by atoms with Crippen LogP contribution in [-0.4, -0.2) is 34.3 Å². The van der Waals surface area contributed by atoms with Crippen LogP contribution in [0.2, 0.25) is 5.02 Å². The van der Waals surface area contributed by atoms with Crippen molar-refractivity contribution in [3.05, 3.63) is 55.7 Å². The predicted octanol–water partition coefficient (Wildman–Crippen LogP) is 0.262. The molecule has 0 amide bonds. The van der Waals surface area contributed by atoms with Crippen molar-refractivity contribution < 1.29 is 0 Å². The highest BCUT2D eigenvalue weighted by molar-refractivity contribution is 6.35. The van der Waals surface area contributed by atoms with E-state index in [9.17, 15) is 9.59 Å². The molecule has 1 aliphatic heterocycles. The summed E-state index contributed by atoms with van der Waals surface area (Å²) in [6, 6.07) is 0. The molecule has 0 atom stereocenters. The van der Waals surface area contributed by atoms with Crippen molar-refractivity contribution in [1.29, 1.82) is 0 Å². The van der Waals surface area contributed by atoms with Gasteiger partial charge in [0, 0.05) is 30.1 Å². The maximum absolute atomic E-state index is 12.1. The standard InChI is InChI=1S/C16H14ClN9O2/c1-24-4-7(2-19-24)8-3-20-26-12(18)11(17)14(22-13(8)26)25-5-9-10(6-25)21-16(28)23-15(9)27/h2-4H,5-6,18H2,1H3,(H2,21,23,27,28). The molecule has 5 rings (SSSR count). The number of aryl methyl sites for hydroxylation is 1. The van der Waals surface area contributed by atoms with Gasteiger partial charge in [-0.15, -0.1) is 0 Å². The van der Waals surface area contributed by atoms with Gasteiger partial charge in [0.15, 0.2) is 11.5 Å². The summed E-state index contributed by atoms with van der Waals surface area (Å²) in [4.78, 5) is 35.0. The first-order valence-electron chi connectivity index (χ1n) is 8.33. The van der Waals surface area contributed by atoms with Crippen LogP contribution in [-0.2, 0) is 20.1 Å². The molecule has 4 aromatic heterocycles. The van der Waals surface area contributed by atoms with Crippen molar-refractivity contribution in [3.8, 4) is 11.1 Å². The van der Waals surface area contributed by atoms with Gasteiger partial charge in [-0.1, -0.05) is 11.6 Å². The molecule has 0 saturated heterocycles. The van der Waals surface area contributed by atoms with E-state index in [-0.39, 0.29) is 23.9 Å². The Morgan fingerprint density at radius 2 is 2.00 bits per heavy atom. The summed E-state index contributed by atoms with van der Waals surface area (Å²) in [6.45, 7) is 0.535. The highest BCUT2D eigenvalue weighted by Gasteiger charge is 2.28. The molecule has 4 aromatic rings. The summed E-state index contributed by atoms with van der Waals surface area (Å²) in [6.07, 6.45) is 5.20. The number of nitrogens with zero attached hydrogens (tertiary/aromatic N) is 6. The quantitative estimate of drug-likeness (QED) is 0.438. The monoisotopic (exact) mass is 399 g/mol. The highest BCUT2D eigenvalue weighted by Crippen LogP contribution is 2.36. The van der Waals surface area contributed by atoms with Crippen LogP contribution in [0.15, 0.2) is 28.2 Å². The van der Waals surface area contributed by atoms with Crippen molar-refractivity contribution in [3.63, 3.8) is 0 Å². The first-order valence-corrected chi connectivity index (χ1v) is 8.71. The van der Waals surface area contributed by atoms with Gasteiger partial charge >= 0.3 is 5.69 Å². The summed E-state index contributed by atoms with van der Waals surface area (Å²) in [5.41, 5.74) is 8.33. The van der Waals surface area contributed by atoms with Gasteiger partial charge in [-0.05, 0) is 0 Å². The van der Waals surface area contributed by atoms with Gasteiger partial charge in [0.05, 0.1) is 31.0 Å². The van der Waals surface area contributed by atoms with Crippen LogP contribution in [0.3, 0.4) is 0 Å². The zero-order chi connectivity index (χ0) is 19.6. The van der Waals surface area contributed by atoms with Crippen molar-refractivity contribution >= 4 is 28.9 Å². The van der Waals surface area contributed by atoms with Crippen LogP contribution in [0.25, 0.3) is 16.8 Å². The van der Waals surface area contributed by atoms with Crippen LogP contribution in [0.5, 0.6) is 0 Å². The zero-order valence-electron chi connectivity index (χ0n) is 14.6. The molecule has 11 nitrogen and oxygen atoms in total. The molecule has 0 bridgehead atoms. The molecule has 142 valence electrons. The zero-order valence-corrected chi connectivity index (χ0v) is 15.4. The average molecular weight is 400 g/mol. The number of halogens is 1. The van der Waals surface area contributed by atoms with E-state index in [0.717, 1.165) is 11.1 Å². The number of hydrogen-bond acceptors (Lipinski definition) is 7. The number of nitrogens with two attached hydrogens (primary N) is 1. The Bertz CT molecular complexity index is 1360. The maximum Gasteiger partial charge on any atom is 0.325 e. The number of H-pyrrole nitrogens is 2. The lowest BCUT2D eigenvalue weighted by Gasteiger charge is -2.19. The minimum atomic E-state index is -0.547. The second kappa shape index (κ2) is 5.70. The van der Waals surface area contributed by atoms with Crippen LogP contribution in [0, 0.1) is 0 Å². The fourth-order valence-corrected chi connectivity index (χ4v) is 3.65. The molecule has 0 radical (unpaired) electrons. The van der Waals surface area contributed by atoms with E-state index in [1.807, 2.05) is 13.2 Å². The molecule has 0 saturated carbocycles. The van der Waals surface area contributed by atoms with Crippen LogP contribution in [0.1, 0.15) is 11.3 Å². The van der Waals surface area contributed by atoms with Gasteiger partial charge in [0.25, 0.3) is 5.56 Å². The number of nitrogens with one attached hydrogen (secondary N) is 2. The number of rotatable bonds is 2. The Hall–Kier alpha value is -3.60. The smallest absolute Gasteiger partial charge is 0.325 e. The van der Waals surface area contributed by atoms with Crippen molar-refractivity contribution in [2.24, 2.45) is 7.05 Å². The molecule has 12 heteroatoms. The second-order valence-corrected chi connectivity index (χ2v) is 6.93. The summed E-state index contributed by atoms with van der Waals surface area (Å²) in [5, 5.41) is 8.68. The molecule has 0 fully saturated rings. The lowest BCUT2D eigenvalue weighted by Crippen LogP contribution is -2.25. The summed E-state index contributed by atoms with van der Waals surface area (Å²) >= 11 is 6.46. The van der Waals surface area contributed by atoms with Gasteiger partial charge in [-0.3, -0.25) is 14.5 Å². The SMILES string of the molecule is Cn1cc(-c2cnn3c(N)c(Cl)c(N4Cc5[nH]c(=O)[nH]c(=O)c5C4)nc23)cn1. The Balaban J connectivity index is 1.66. The van der Waals surface area contributed by atoms with E-state index in [2.05, 4.69) is 25.1 Å². The first-order chi connectivity index (χ1) is 13.4. The molecule has 28 heavy (non-hydrogen) atoms. The van der Waals surface area contributed by atoms with Gasteiger partial charge in [-0.25, -0.2) is 9.78 Å². The van der Waals surface area contributed by atoms with Crippen molar-refractivity contribution in [2.75, 3.05) is 10.6 Å². The fraction of sp³-hybridized carbons (Fsp3) is 0.188. The Labute approximate surface area is 161 Å². The number of aromatic nitrogens is 7. The normalized spacial score (nSPS) is 13.4. The van der Waals surface area contributed by atoms with E-state index in [1.165, 1.54) is 4.52 Å². The molecule has 0 aromatic carbocycles. The Kier molecular flexibility index (Phi) is 3.37. The topological polar surface area (TPSA) is 143 Å². The number of anilines is 2. The molecule has 5 heterocycles. The number of aromatic amines is 2. The van der Waals surface area contributed by atoms with E-state index in [1.54, 1.807) is 22.0 Å². The van der Waals surface area contributed by atoms with E-state index >= 15 is 0 Å². The summed E-state index contributed by atoms with van der Waals surface area (Å²) in [5.74, 6) is 0.643. The molecule has 4 N–H and O–H groups in total. The predicted molar refractivity (Wildman–Crippen MR) is 102 cm³/mol. The molecule has 0 unspecified atom stereocenters. The van der Waals surface area contributed by atoms with Gasteiger partial charge < -0.3 is 15.6 Å².